The SMILES string of the molecule is CC1C=CC=CC1(C)[SiH2]C#Cc1ccccc1. The van der Waals surface area contributed by atoms with Crippen LogP contribution < -0.4 is 0 Å². The Morgan fingerprint density at radius 3 is 2.65 bits per heavy atom. The molecule has 1 aliphatic carbocycles. The molecule has 2 atom stereocenters. The lowest BCUT2D eigenvalue weighted by Gasteiger charge is -2.30. The molecule has 0 radical (unpaired) electrons. The van der Waals surface area contributed by atoms with Crippen LogP contribution in [0.3, 0.4) is 0 Å². The molecule has 86 valence electrons. The summed E-state index contributed by atoms with van der Waals surface area (Å²) >= 11 is 0. The van der Waals surface area contributed by atoms with Crippen LogP contribution in [-0.4, -0.2) is 9.52 Å². The van der Waals surface area contributed by atoms with E-state index < -0.39 is 9.52 Å². The molecule has 0 saturated heterocycles. The van der Waals surface area contributed by atoms with Gasteiger partial charge in [0, 0.05) is 5.56 Å². The van der Waals surface area contributed by atoms with Crippen molar-refractivity contribution in [2.75, 3.05) is 0 Å². The monoisotopic (exact) mass is 238 g/mol. The van der Waals surface area contributed by atoms with Crippen molar-refractivity contribution in [3.63, 3.8) is 0 Å². The zero-order valence-corrected chi connectivity index (χ0v) is 11.9. The van der Waals surface area contributed by atoms with Crippen LogP contribution in [0.25, 0.3) is 0 Å². The molecule has 0 N–H and O–H groups in total. The Bertz CT molecular complexity index is 487. The number of benzene rings is 1. The Kier molecular flexibility index (Phi) is 3.66. The molecule has 2 unspecified atom stereocenters. The molecule has 0 aromatic heterocycles. The lowest BCUT2D eigenvalue weighted by Crippen LogP contribution is -2.22. The van der Waals surface area contributed by atoms with E-state index in [0.717, 1.165) is 5.56 Å². The van der Waals surface area contributed by atoms with Crippen molar-refractivity contribution in [1.29, 1.82) is 0 Å². The maximum absolute atomic E-state index is 3.45. The van der Waals surface area contributed by atoms with Gasteiger partial charge in [-0.05, 0) is 23.1 Å². The van der Waals surface area contributed by atoms with Crippen LogP contribution in [-0.2, 0) is 0 Å². The quantitative estimate of drug-likeness (QED) is 0.521. The molecule has 0 spiro atoms. The van der Waals surface area contributed by atoms with E-state index in [2.05, 4.69) is 61.7 Å². The van der Waals surface area contributed by atoms with E-state index in [1.165, 1.54) is 0 Å². The van der Waals surface area contributed by atoms with Crippen molar-refractivity contribution in [3.8, 4) is 11.5 Å². The zero-order chi connectivity index (χ0) is 12.1. The van der Waals surface area contributed by atoms with Crippen molar-refractivity contribution in [3.05, 3.63) is 60.2 Å². The molecule has 2 rings (SSSR count). The van der Waals surface area contributed by atoms with E-state index in [9.17, 15) is 0 Å². The van der Waals surface area contributed by atoms with Crippen LogP contribution >= 0.6 is 0 Å². The molecule has 0 nitrogen and oxygen atoms in total. The molecule has 0 fully saturated rings. The average molecular weight is 238 g/mol. The third kappa shape index (κ3) is 2.99. The standard InChI is InChI=1S/C16H18Si/c1-14-8-6-7-12-16(14,2)17-13-11-15-9-4-3-5-10-15/h3-10,12,14H,17H2,1-2H3. The Morgan fingerprint density at radius 1 is 1.18 bits per heavy atom. The van der Waals surface area contributed by atoms with E-state index in [0.29, 0.717) is 11.0 Å². The second-order valence-electron chi connectivity index (χ2n) is 4.88. The summed E-state index contributed by atoms with van der Waals surface area (Å²) in [5, 5.41) is 0.316. The van der Waals surface area contributed by atoms with Gasteiger partial charge >= 0.3 is 0 Å². The Hall–Kier alpha value is -1.52. The van der Waals surface area contributed by atoms with Gasteiger partial charge in [0.25, 0.3) is 0 Å². The molecule has 17 heavy (non-hydrogen) atoms. The third-order valence-corrected chi connectivity index (χ3v) is 5.50. The summed E-state index contributed by atoms with van der Waals surface area (Å²) in [6.45, 7) is 4.63. The van der Waals surface area contributed by atoms with E-state index in [1.807, 2.05) is 18.2 Å². The predicted octanol–water partition coefficient (Wildman–Crippen LogP) is 3.11. The summed E-state index contributed by atoms with van der Waals surface area (Å²) in [6, 6.07) is 10.3. The maximum Gasteiger partial charge on any atom is 0.117 e. The minimum Gasteiger partial charge on any atom is -0.133 e. The van der Waals surface area contributed by atoms with Crippen molar-refractivity contribution in [2.45, 2.75) is 18.9 Å². The number of allylic oxidation sites excluding steroid dienone is 4. The first-order valence-electron chi connectivity index (χ1n) is 6.11. The van der Waals surface area contributed by atoms with Crippen molar-refractivity contribution >= 4 is 9.52 Å². The summed E-state index contributed by atoms with van der Waals surface area (Å²) in [5.41, 5.74) is 4.58. The fourth-order valence-electron chi connectivity index (χ4n) is 1.96. The molecule has 0 bridgehead atoms. The Balaban J connectivity index is 2.06. The fourth-order valence-corrected chi connectivity index (χ4v) is 3.34. The second-order valence-corrected chi connectivity index (χ2v) is 7.11. The topological polar surface area (TPSA) is 0 Å². The molecule has 0 saturated carbocycles. The minimum absolute atomic E-state index is 0.316. The Labute approximate surface area is 106 Å². The molecule has 1 aromatic rings. The highest BCUT2D eigenvalue weighted by molar-refractivity contribution is 6.51. The van der Waals surface area contributed by atoms with Crippen LogP contribution in [0.1, 0.15) is 19.4 Å². The van der Waals surface area contributed by atoms with Crippen LogP contribution in [0.5, 0.6) is 0 Å². The lowest BCUT2D eigenvalue weighted by molar-refractivity contribution is 0.571. The second kappa shape index (κ2) is 5.20. The first-order chi connectivity index (χ1) is 8.21. The minimum atomic E-state index is -0.421. The van der Waals surface area contributed by atoms with Crippen LogP contribution in [0.2, 0.25) is 5.04 Å². The third-order valence-electron chi connectivity index (χ3n) is 3.50. The number of hydrogen-bond donors (Lipinski definition) is 0. The van der Waals surface area contributed by atoms with Crippen LogP contribution in [0.4, 0.5) is 0 Å². The van der Waals surface area contributed by atoms with Gasteiger partial charge < -0.3 is 0 Å². The summed E-state index contributed by atoms with van der Waals surface area (Å²) in [6.07, 6.45) is 8.93. The van der Waals surface area contributed by atoms with Crippen LogP contribution in [0.15, 0.2) is 54.6 Å². The molecule has 1 aromatic carbocycles. The molecule has 0 heterocycles. The van der Waals surface area contributed by atoms with Gasteiger partial charge in [-0.15, -0.1) is 5.54 Å². The zero-order valence-electron chi connectivity index (χ0n) is 10.5. The van der Waals surface area contributed by atoms with E-state index >= 15 is 0 Å². The van der Waals surface area contributed by atoms with Gasteiger partial charge in [0.1, 0.15) is 9.52 Å². The highest BCUT2D eigenvalue weighted by Gasteiger charge is 2.27. The summed E-state index contributed by atoms with van der Waals surface area (Å²) in [5.74, 6) is 3.91. The summed E-state index contributed by atoms with van der Waals surface area (Å²) in [4.78, 5) is 0. The molecule has 0 aliphatic heterocycles. The van der Waals surface area contributed by atoms with Gasteiger partial charge in [0.05, 0.1) is 0 Å². The molecule has 0 amide bonds. The Morgan fingerprint density at radius 2 is 1.94 bits per heavy atom. The lowest BCUT2D eigenvalue weighted by atomic mass is 9.90. The first kappa shape index (κ1) is 11.9. The fraction of sp³-hybridized carbons (Fsp3) is 0.250. The van der Waals surface area contributed by atoms with Gasteiger partial charge in [-0.25, -0.2) is 0 Å². The van der Waals surface area contributed by atoms with Gasteiger partial charge in [0.2, 0.25) is 0 Å². The predicted molar refractivity (Wildman–Crippen MR) is 77.7 cm³/mol. The normalized spacial score (nSPS) is 27.1. The molecule has 1 heteroatoms. The van der Waals surface area contributed by atoms with Crippen molar-refractivity contribution in [2.24, 2.45) is 5.92 Å². The van der Waals surface area contributed by atoms with E-state index in [1.54, 1.807) is 0 Å². The first-order valence-corrected chi connectivity index (χ1v) is 7.52. The van der Waals surface area contributed by atoms with Gasteiger partial charge in [0.15, 0.2) is 0 Å². The maximum atomic E-state index is 3.45. The summed E-state index contributed by atoms with van der Waals surface area (Å²) in [7, 11) is -0.421. The smallest absolute Gasteiger partial charge is 0.117 e. The number of rotatable bonds is 1. The molecular formula is C16H18Si. The van der Waals surface area contributed by atoms with E-state index in [-0.39, 0.29) is 0 Å². The average Bonchev–Trinajstić information content (AvgIpc) is 2.35. The van der Waals surface area contributed by atoms with Gasteiger partial charge in [-0.2, -0.15) is 0 Å². The molecular weight excluding hydrogens is 220 g/mol. The van der Waals surface area contributed by atoms with Crippen molar-refractivity contribution in [1.82, 2.24) is 0 Å². The van der Waals surface area contributed by atoms with Crippen molar-refractivity contribution < 1.29 is 0 Å². The highest BCUT2D eigenvalue weighted by Crippen LogP contribution is 2.38. The molecule has 1 aliphatic rings. The highest BCUT2D eigenvalue weighted by atomic mass is 28.2. The number of hydrogen-bond acceptors (Lipinski definition) is 0. The van der Waals surface area contributed by atoms with Crippen LogP contribution in [0, 0.1) is 17.4 Å². The largest absolute Gasteiger partial charge is 0.133 e. The summed E-state index contributed by atoms with van der Waals surface area (Å²) < 4.78 is 0. The van der Waals surface area contributed by atoms with Gasteiger partial charge in [-0.3, -0.25) is 0 Å². The van der Waals surface area contributed by atoms with E-state index in [4.69, 9.17) is 0 Å². The van der Waals surface area contributed by atoms with Gasteiger partial charge in [-0.1, -0.05) is 62.3 Å².